The maximum atomic E-state index is 11.5. The van der Waals surface area contributed by atoms with Crippen molar-refractivity contribution in [2.24, 2.45) is 5.73 Å². The number of hydrogen-bond donors (Lipinski definition) is 2. The molecule has 0 bridgehead atoms. The number of phenols is 1. The summed E-state index contributed by atoms with van der Waals surface area (Å²) in [6, 6.07) is 27.7. The molecule has 0 aliphatic heterocycles. The Balaban J connectivity index is 2.00. The molecule has 30 heavy (non-hydrogen) atoms. The normalized spacial score (nSPS) is 12.0. The molecule has 4 aromatic carbocycles. The summed E-state index contributed by atoms with van der Waals surface area (Å²) in [4.78, 5) is 11.5. The lowest BCUT2D eigenvalue weighted by Gasteiger charge is -2.24. The van der Waals surface area contributed by atoms with Crippen molar-refractivity contribution in [1.82, 2.24) is 0 Å². The highest BCUT2D eigenvalue weighted by Gasteiger charge is 2.23. The molecule has 0 radical (unpaired) electrons. The molecule has 0 aliphatic carbocycles. The molecule has 150 valence electrons. The summed E-state index contributed by atoms with van der Waals surface area (Å²) in [5, 5.41) is 13.5. The van der Waals surface area contributed by atoms with Gasteiger partial charge >= 0.3 is 0 Å². The number of fused-ring (bicyclic) bond motifs is 1. The smallest absolute Gasteiger partial charge is 0.217 e. The first-order valence-electron chi connectivity index (χ1n) is 9.87. The number of halogens is 1. The van der Waals surface area contributed by atoms with Gasteiger partial charge in [0.25, 0.3) is 0 Å². The number of rotatable bonds is 6. The zero-order valence-corrected chi connectivity index (χ0v) is 17.1. The third-order valence-electron chi connectivity index (χ3n) is 5.41. The molecule has 0 spiro atoms. The Bertz CT molecular complexity index is 1200. The van der Waals surface area contributed by atoms with Crippen molar-refractivity contribution in [2.75, 3.05) is 0 Å². The van der Waals surface area contributed by atoms with E-state index in [0.29, 0.717) is 11.4 Å². The van der Waals surface area contributed by atoms with Gasteiger partial charge in [-0.15, -0.1) is 0 Å². The van der Waals surface area contributed by atoms with Crippen LogP contribution in [0.15, 0.2) is 84.9 Å². The zero-order valence-electron chi connectivity index (χ0n) is 16.4. The molecule has 1 unspecified atom stereocenters. The number of carbonyl (C=O) groups excluding carboxylic acids is 1. The molecule has 0 saturated heterocycles. The van der Waals surface area contributed by atoms with Crippen molar-refractivity contribution in [3.05, 3.63) is 112 Å². The Morgan fingerprint density at radius 1 is 0.900 bits per heavy atom. The molecular formula is C26H22ClNO2. The standard InChI is InChI=1S/C26H22ClNO2/c27-20-11-6-10-19(15-20)25(17-7-2-1-3-8-17)23-16-18-9-4-5-12-21(18)26(30)22(23)13-14-24(28)29/h1-12,15-16,25,30H,13-14H2,(H2,28,29). The van der Waals surface area contributed by atoms with Crippen molar-refractivity contribution in [3.8, 4) is 5.75 Å². The fourth-order valence-corrected chi connectivity index (χ4v) is 4.24. The van der Waals surface area contributed by atoms with Crippen molar-refractivity contribution in [2.45, 2.75) is 18.8 Å². The maximum absolute atomic E-state index is 11.5. The molecule has 3 nitrogen and oxygen atoms in total. The van der Waals surface area contributed by atoms with Crippen molar-refractivity contribution < 1.29 is 9.90 Å². The molecule has 0 fully saturated rings. The third-order valence-corrected chi connectivity index (χ3v) is 5.64. The van der Waals surface area contributed by atoms with E-state index in [0.717, 1.165) is 33.0 Å². The van der Waals surface area contributed by atoms with Crippen molar-refractivity contribution in [3.63, 3.8) is 0 Å². The highest BCUT2D eigenvalue weighted by Crippen LogP contribution is 2.41. The van der Waals surface area contributed by atoms with Crippen molar-refractivity contribution in [1.29, 1.82) is 0 Å². The second kappa shape index (κ2) is 8.60. The minimum absolute atomic E-state index is 0.150. The van der Waals surface area contributed by atoms with E-state index in [4.69, 9.17) is 17.3 Å². The monoisotopic (exact) mass is 415 g/mol. The molecule has 3 N–H and O–H groups in total. The van der Waals surface area contributed by atoms with Crippen LogP contribution in [0.25, 0.3) is 10.8 Å². The van der Waals surface area contributed by atoms with E-state index in [1.165, 1.54) is 0 Å². The van der Waals surface area contributed by atoms with Crippen LogP contribution in [0.3, 0.4) is 0 Å². The lowest BCUT2D eigenvalue weighted by atomic mass is 9.80. The predicted octanol–water partition coefficient (Wildman–Crippen LogP) is 5.80. The van der Waals surface area contributed by atoms with Crippen LogP contribution in [0.2, 0.25) is 5.02 Å². The zero-order chi connectivity index (χ0) is 21.1. The molecule has 1 amide bonds. The Kier molecular flexibility index (Phi) is 5.73. The second-order valence-corrected chi connectivity index (χ2v) is 7.82. The topological polar surface area (TPSA) is 63.3 Å². The van der Waals surface area contributed by atoms with Gasteiger partial charge in [-0.1, -0.05) is 78.3 Å². The van der Waals surface area contributed by atoms with Gasteiger partial charge in [-0.25, -0.2) is 0 Å². The predicted molar refractivity (Wildman–Crippen MR) is 122 cm³/mol. The Morgan fingerprint density at radius 3 is 2.33 bits per heavy atom. The average molecular weight is 416 g/mol. The second-order valence-electron chi connectivity index (χ2n) is 7.38. The molecule has 0 saturated carbocycles. The lowest BCUT2D eigenvalue weighted by molar-refractivity contribution is -0.117. The van der Waals surface area contributed by atoms with Crippen LogP contribution >= 0.6 is 11.6 Å². The van der Waals surface area contributed by atoms with Crippen LogP contribution in [-0.4, -0.2) is 11.0 Å². The molecule has 0 aliphatic rings. The lowest BCUT2D eigenvalue weighted by Crippen LogP contribution is -2.13. The van der Waals surface area contributed by atoms with Gasteiger partial charge in [-0.05, 0) is 52.3 Å². The fraction of sp³-hybridized carbons (Fsp3) is 0.115. The van der Waals surface area contributed by atoms with E-state index in [9.17, 15) is 9.90 Å². The molecule has 0 heterocycles. The van der Waals surface area contributed by atoms with Gasteiger partial charge in [-0.2, -0.15) is 0 Å². The van der Waals surface area contributed by atoms with E-state index >= 15 is 0 Å². The van der Waals surface area contributed by atoms with Crippen LogP contribution in [0, 0.1) is 0 Å². The van der Waals surface area contributed by atoms with Gasteiger partial charge in [0.05, 0.1) is 0 Å². The molecular weight excluding hydrogens is 394 g/mol. The van der Waals surface area contributed by atoms with E-state index in [1.807, 2.05) is 66.7 Å². The molecule has 4 aromatic rings. The van der Waals surface area contributed by atoms with Gasteiger partial charge in [0.1, 0.15) is 5.75 Å². The largest absolute Gasteiger partial charge is 0.507 e. The highest BCUT2D eigenvalue weighted by molar-refractivity contribution is 6.30. The highest BCUT2D eigenvalue weighted by atomic mass is 35.5. The van der Waals surface area contributed by atoms with Gasteiger partial charge in [0.2, 0.25) is 5.91 Å². The minimum Gasteiger partial charge on any atom is -0.507 e. The first kappa shape index (κ1) is 20.0. The summed E-state index contributed by atoms with van der Waals surface area (Å²) in [5.74, 6) is -0.344. The molecule has 4 rings (SSSR count). The number of aromatic hydroxyl groups is 1. The molecule has 1 atom stereocenters. The molecule has 0 aromatic heterocycles. The Morgan fingerprint density at radius 2 is 1.60 bits per heavy atom. The summed E-state index contributed by atoms with van der Waals surface area (Å²) >= 11 is 6.32. The Labute approximate surface area is 180 Å². The number of primary amides is 1. The SMILES string of the molecule is NC(=O)CCc1c(C(c2ccccc2)c2cccc(Cl)c2)cc2ccccc2c1O. The summed E-state index contributed by atoms with van der Waals surface area (Å²) in [7, 11) is 0. The summed E-state index contributed by atoms with van der Waals surface area (Å²) in [6.45, 7) is 0. The number of amides is 1. The van der Waals surface area contributed by atoms with Gasteiger partial charge in [-0.3, -0.25) is 4.79 Å². The van der Waals surface area contributed by atoms with Crippen molar-refractivity contribution >= 4 is 28.3 Å². The first-order valence-corrected chi connectivity index (χ1v) is 10.2. The summed E-state index contributed by atoms with van der Waals surface area (Å²) in [6.07, 6.45) is 0.529. The number of hydrogen-bond acceptors (Lipinski definition) is 2. The van der Waals surface area contributed by atoms with Gasteiger partial charge in [0, 0.05) is 22.7 Å². The quantitative estimate of drug-likeness (QED) is 0.391. The summed E-state index contributed by atoms with van der Waals surface area (Å²) < 4.78 is 0. The van der Waals surface area contributed by atoms with E-state index in [-0.39, 0.29) is 18.1 Å². The summed E-state index contributed by atoms with van der Waals surface area (Å²) in [5.41, 5.74) is 9.21. The van der Waals surface area contributed by atoms with Gasteiger partial charge in [0.15, 0.2) is 0 Å². The molecule has 4 heteroatoms. The first-order chi connectivity index (χ1) is 14.5. The third kappa shape index (κ3) is 4.03. The number of nitrogens with two attached hydrogens (primary N) is 1. The van der Waals surface area contributed by atoms with Crippen LogP contribution in [0.1, 0.15) is 34.6 Å². The number of phenolic OH excluding ortho intramolecular Hbond substituents is 1. The minimum atomic E-state index is -0.396. The van der Waals surface area contributed by atoms with Gasteiger partial charge < -0.3 is 10.8 Å². The number of benzene rings is 4. The maximum Gasteiger partial charge on any atom is 0.217 e. The van der Waals surface area contributed by atoms with Crippen LogP contribution < -0.4 is 5.73 Å². The van der Waals surface area contributed by atoms with E-state index in [1.54, 1.807) is 0 Å². The fourth-order valence-electron chi connectivity index (χ4n) is 4.04. The van der Waals surface area contributed by atoms with Crippen LogP contribution in [0.5, 0.6) is 5.75 Å². The average Bonchev–Trinajstić information content (AvgIpc) is 2.74. The van der Waals surface area contributed by atoms with E-state index < -0.39 is 5.91 Å². The van der Waals surface area contributed by atoms with Crippen LogP contribution in [-0.2, 0) is 11.2 Å². The van der Waals surface area contributed by atoms with E-state index in [2.05, 4.69) is 18.2 Å². The number of carbonyl (C=O) groups is 1. The Hall–Kier alpha value is -3.30. The van der Waals surface area contributed by atoms with Crippen LogP contribution in [0.4, 0.5) is 0 Å².